The van der Waals surface area contributed by atoms with E-state index < -0.39 is 0 Å². The van der Waals surface area contributed by atoms with Gasteiger partial charge in [-0.3, -0.25) is 9.97 Å². The Kier molecular flexibility index (Phi) is 5.96. The molecule has 2 aliphatic rings. The van der Waals surface area contributed by atoms with Gasteiger partial charge in [-0.25, -0.2) is 0 Å². The van der Waals surface area contributed by atoms with Crippen molar-refractivity contribution in [3.63, 3.8) is 0 Å². The first-order valence-electron chi connectivity index (χ1n) is 11.7. The van der Waals surface area contributed by atoms with E-state index in [1.807, 2.05) is 24.7 Å². The zero-order valence-corrected chi connectivity index (χ0v) is 19.7. The van der Waals surface area contributed by atoms with E-state index in [0.717, 1.165) is 17.4 Å². The highest BCUT2D eigenvalue weighted by Gasteiger charge is 2.44. The zero-order valence-electron chi connectivity index (χ0n) is 18.9. The van der Waals surface area contributed by atoms with Crippen molar-refractivity contribution in [1.82, 2.24) is 24.8 Å². The Hall–Kier alpha value is -2.73. The molecule has 1 aliphatic carbocycles. The summed E-state index contributed by atoms with van der Waals surface area (Å²) in [5.41, 5.74) is 6.24. The molecule has 3 aromatic rings. The van der Waals surface area contributed by atoms with Gasteiger partial charge in [-0.1, -0.05) is 25.3 Å². The number of thiocarbonyl (C=S) groups is 1. The molecule has 6 heteroatoms. The van der Waals surface area contributed by atoms with Crippen molar-refractivity contribution in [1.29, 1.82) is 0 Å². The normalized spacial score (nSPS) is 21.7. The molecule has 5 rings (SSSR count). The monoisotopic (exact) mass is 445 g/mol. The SMILES string of the molecule is Cc1cc([C@@H]2[C@H](c3ccccn3)NC(=S)N2C2CCCCC2)c(C)n1Cc1ccncc1. The predicted molar refractivity (Wildman–Crippen MR) is 131 cm³/mol. The van der Waals surface area contributed by atoms with Crippen LogP contribution in [0.5, 0.6) is 0 Å². The number of aryl methyl sites for hydroxylation is 1. The summed E-state index contributed by atoms with van der Waals surface area (Å²) in [5, 5.41) is 4.52. The number of nitrogens with zero attached hydrogens (tertiary/aromatic N) is 4. The summed E-state index contributed by atoms with van der Waals surface area (Å²) in [6, 6.07) is 13.4. The first kappa shape index (κ1) is 21.1. The van der Waals surface area contributed by atoms with Crippen molar-refractivity contribution in [2.24, 2.45) is 0 Å². The minimum absolute atomic E-state index is 0.0560. The van der Waals surface area contributed by atoms with Crippen molar-refractivity contribution >= 4 is 17.3 Å². The van der Waals surface area contributed by atoms with Crippen molar-refractivity contribution in [2.75, 3.05) is 0 Å². The summed E-state index contributed by atoms with van der Waals surface area (Å²) in [5.74, 6) is 0. The maximum Gasteiger partial charge on any atom is 0.170 e. The molecule has 1 saturated heterocycles. The van der Waals surface area contributed by atoms with Gasteiger partial charge in [-0.15, -0.1) is 0 Å². The molecular weight excluding hydrogens is 414 g/mol. The third kappa shape index (κ3) is 3.92. The molecule has 3 aromatic heterocycles. The number of pyridine rings is 2. The third-order valence-electron chi connectivity index (χ3n) is 7.12. The second-order valence-corrected chi connectivity index (χ2v) is 9.48. The zero-order chi connectivity index (χ0) is 22.1. The maximum absolute atomic E-state index is 5.94. The van der Waals surface area contributed by atoms with Crippen LogP contribution in [0.4, 0.5) is 0 Å². The summed E-state index contributed by atoms with van der Waals surface area (Å²) in [7, 11) is 0. The molecule has 4 heterocycles. The minimum Gasteiger partial charge on any atom is -0.352 e. The van der Waals surface area contributed by atoms with Gasteiger partial charge in [-0.2, -0.15) is 0 Å². The second-order valence-electron chi connectivity index (χ2n) is 9.09. The van der Waals surface area contributed by atoms with Gasteiger partial charge in [0.05, 0.1) is 17.8 Å². The van der Waals surface area contributed by atoms with Crippen LogP contribution < -0.4 is 5.32 Å². The molecule has 1 aliphatic heterocycles. The van der Waals surface area contributed by atoms with Crippen molar-refractivity contribution < 1.29 is 0 Å². The lowest BCUT2D eigenvalue weighted by molar-refractivity contribution is 0.196. The summed E-state index contributed by atoms with van der Waals surface area (Å²) in [4.78, 5) is 11.4. The van der Waals surface area contributed by atoms with E-state index in [2.05, 4.69) is 63.9 Å². The van der Waals surface area contributed by atoms with Crippen molar-refractivity contribution in [2.45, 2.75) is 70.6 Å². The van der Waals surface area contributed by atoms with Gasteiger partial charge in [-0.05, 0) is 80.4 Å². The molecule has 1 saturated carbocycles. The average molecular weight is 446 g/mol. The van der Waals surface area contributed by atoms with Gasteiger partial charge in [0.1, 0.15) is 0 Å². The van der Waals surface area contributed by atoms with Gasteiger partial charge >= 0.3 is 0 Å². The minimum atomic E-state index is 0.0560. The van der Waals surface area contributed by atoms with Crippen LogP contribution >= 0.6 is 12.2 Å². The smallest absolute Gasteiger partial charge is 0.170 e. The van der Waals surface area contributed by atoms with Gasteiger partial charge < -0.3 is 14.8 Å². The van der Waals surface area contributed by atoms with E-state index in [-0.39, 0.29) is 12.1 Å². The van der Waals surface area contributed by atoms with Crippen molar-refractivity contribution in [3.05, 3.63) is 83.2 Å². The number of aromatic nitrogens is 3. The van der Waals surface area contributed by atoms with E-state index in [9.17, 15) is 0 Å². The third-order valence-corrected chi connectivity index (χ3v) is 7.45. The van der Waals surface area contributed by atoms with Crippen LogP contribution in [-0.2, 0) is 6.54 Å². The van der Waals surface area contributed by atoms with Gasteiger partial charge in [0.15, 0.2) is 5.11 Å². The molecule has 0 spiro atoms. The Bertz CT molecular complexity index is 1070. The van der Waals surface area contributed by atoms with Crippen LogP contribution in [-0.4, -0.2) is 30.6 Å². The van der Waals surface area contributed by atoms with E-state index in [1.54, 1.807) is 0 Å². The van der Waals surface area contributed by atoms with E-state index in [4.69, 9.17) is 17.2 Å². The Morgan fingerprint density at radius 3 is 2.53 bits per heavy atom. The van der Waals surface area contributed by atoms with Crippen LogP contribution in [0, 0.1) is 13.8 Å². The largest absolute Gasteiger partial charge is 0.352 e. The maximum atomic E-state index is 5.94. The highest BCUT2D eigenvalue weighted by molar-refractivity contribution is 7.80. The number of hydrogen-bond donors (Lipinski definition) is 1. The Labute approximate surface area is 195 Å². The molecule has 32 heavy (non-hydrogen) atoms. The topological polar surface area (TPSA) is 46.0 Å². The molecule has 1 N–H and O–H groups in total. The first-order chi connectivity index (χ1) is 15.6. The molecule has 5 nitrogen and oxygen atoms in total. The Morgan fingerprint density at radius 1 is 1.03 bits per heavy atom. The molecule has 2 fully saturated rings. The van der Waals surface area contributed by atoms with Crippen LogP contribution in [0.15, 0.2) is 55.0 Å². The first-order valence-corrected chi connectivity index (χ1v) is 12.1. The predicted octanol–water partition coefficient (Wildman–Crippen LogP) is 5.25. The van der Waals surface area contributed by atoms with Gasteiger partial charge in [0, 0.05) is 42.6 Å². The van der Waals surface area contributed by atoms with Crippen molar-refractivity contribution in [3.8, 4) is 0 Å². The fraction of sp³-hybridized carbons (Fsp3) is 0.423. The quantitative estimate of drug-likeness (QED) is 0.544. The van der Waals surface area contributed by atoms with Crippen LogP contribution in [0.3, 0.4) is 0 Å². The lowest BCUT2D eigenvalue weighted by atomic mass is 9.90. The van der Waals surface area contributed by atoms with E-state index >= 15 is 0 Å². The van der Waals surface area contributed by atoms with Crippen LogP contribution in [0.25, 0.3) is 0 Å². The summed E-state index contributed by atoms with van der Waals surface area (Å²) in [6.45, 7) is 5.31. The Morgan fingerprint density at radius 2 is 1.81 bits per heavy atom. The molecule has 2 atom stereocenters. The molecular formula is C26H31N5S. The second kappa shape index (κ2) is 9.02. The molecule has 0 radical (unpaired) electrons. The summed E-state index contributed by atoms with van der Waals surface area (Å²) < 4.78 is 2.42. The molecule has 166 valence electrons. The highest BCUT2D eigenvalue weighted by atomic mass is 32.1. The number of nitrogens with one attached hydrogen (secondary N) is 1. The summed E-state index contributed by atoms with van der Waals surface area (Å²) >= 11 is 5.94. The molecule has 0 bridgehead atoms. The highest BCUT2D eigenvalue weighted by Crippen LogP contribution is 2.44. The Balaban J connectivity index is 1.56. The van der Waals surface area contributed by atoms with E-state index in [1.165, 1.54) is 54.6 Å². The van der Waals surface area contributed by atoms with Gasteiger partial charge in [0.2, 0.25) is 0 Å². The molecule has 0 aromatic carbocycles. The lowest BCUT2D eigenvalue weighted by Crippen LogP contribution is -2.40. The number of rotatable bonds is 5. The van der Waals surface area contributed by atoms with Crippen LogP contribution in [0.2, 0.25) is 0 Å². The van der Waals surface area contributed by atoms with Gasteiger partial charge in [0.25, 0.3) is 0 Å². The fourth-order valence-corrected chi connectivity index (χ4v) is 5.88. The van der Waals surface area contributed by atoms with Crippen LogP contribution in [0.1, 0.15) is 72.4 Å². The molecule has 0 amide bonds. The van der Waals surface area contributed by atoms with E-state index in [0.29, 0.717) is 6.04 Å². The lowest BCUT2D eigenvalue weighted by Gasteiger charge is -2.37. The number of hydrogen-bond acceptors (Lipinski definition) is 3. The standard InChI is InChI=1S/C26H31N5S/c1-18-16-22(19(2)30(18)17-20-11-14-27-15-12-20)25-24(23-10-6-7-13-28-23)29-26(32)31(25)21-8-4-3-5-9-21/h6-7,10-16,21,24-25H,3-5,8-9,17H2,1-2H3,(H,29,32)/t24-,25+/m0/s1. The average Bonchev–Trinajstić information content (AvgIpc) is 3.32. The fourth-order valence-electron chi connectivity index (χ4n) is 5.49. The summed E-state index contributed by atoms with van der Waals surface area (Å²) in [6.07, 6.45) is 11.9. The molecule has 0 unspecified atom stereocenters.